The summed E-state index contributed by atoms with van der Waals surface area (Å²) in [4.78, 5) is 98.5. The van der Waals surface area contributed by atoms with Gasteiger partial charge in [0, 0.05) is 19.9 Å². The number of unbranched alkanes of at least 4 members (excludes halogenated alkanes) is 1. The van der Waals surface area contributed by atoms with Gasteiger partial charge in [-0.3, -0.25) is 28.8 Å². The first-order valence-corrected chi connectivity index (χ1v) is 20.5. The summed E-state index contributed by atoms with van der Waals surface area (Å²) in [6.45, 7) is 4.96. The predicted octanol–water partition coefficient (Wildman–Crippen LogP) is -7.31. The van der Waals surface area contributed by atoms with E-state index in [1.807, 2.05) is 0 Å². The first-order chi connectivity index (χ1) is 29.9. The number of rotatable bonds is 25. The summed E-state index contributed by atoms with van der Waals surface area (Å²) in [5.74, 6) is -7.40. The SMILES string of the molecule is CC(=O)NC1C(OC2C(CO)OC(O)C(N)C2OC(C)C(=O)NC(C)C(=O)NC(CCC(=O)NC(CCCCNC(=O)C(C)NC(=O)C(C)N)C(=O)O)C(=O)O)OC(CO)C(O)C1O. The topological polar surface area (TPSA) is 439 Å². The van der Waals surface area contributed by atoms with Gasteiger partial charge >= 0.3 is 11.9 Å². The maximum Gasteiger partial charge on any atom is 0.326 e. The van der Waals surface area contributed by atoms with Gasteiger partial charge in [-0.1, -0.05) is 0 Å². The van der Waals surface area contributed by atoms with E-state index in [1.54, 1.807) is 0 Å². The van der Waals surface area contributed by atoms with Gasteiger partial charge in [-0.2, -0.15) is 0 Å². The predicted molar refractivity (Wildman–Crippen MR) is 215 cm³/mol. The Morgan fingerprint density at radius 1 is 0.703 bits per heavy atom. The molecule has 366 valence electrons. The highest BCUT2D eigenvalue weighted by atomic mass is 16.7. The van der Waals surface area contributed by atoms with Crippen LogP contribution < -0.4 is 43.4 Å². The number of aliphatic hydroxyl groups is 5. The summed E-state index contributed by atoms with van der Waals surface area (Å²) in [5, 5.41) is 84.9. The molecule has 2 fully saturated rings. The third-order valence-electron chi connectivity index (χ3n) is 10.2. The van der Waals surface area contributed by atoms with E-state index in [2.05, 4.69) is 31.9 Å². The van der Waals surface area contributed by atoms with Gasteiger partial charge in [-0.15, -0.1) is 0 Å². The molecule has 16 atom stereocenters. The molecule has 2 rings (SSSR count). The Hall–Kier alpha value is -4.68. The monoisotopic (exact) mass is 924 g/mol. The largest absolute Gasteiger partial charge is 0.480 e. The van der Waals surface area contributed by atoms with Crippen LogP contribution in [-0.2, 0) is 57.3 Å². The molecule has 16 unspecified atom stereocenters. The molecule has 0 aromatic carbocycles. The van der Waals surface area contributed by atoms with Crippen molar-refractivity contribution in [3.05, 3.63) is 0 Å². The Balaban J connectivity index is 1.99. The lowest BCUT2D eigenvalue weighted by atomic mass is 9.94. The second-order valence-electron chi connectivity index (χ2n) is 15.5. The Labute approximate surface area is 367 Å². The van der Waals surface area contributed by atoms with Gasteiger partial charge in [-0.25, -0.2) is 9.59 Å². The van der Waals surface area contributed by atoms with Gasteiger partial charge in [0.05, 0.1) is 25.3 Å². The molecular weight excluding hydrogens is 860 g/mol. The van der Waals surface area contributed by atoms with Gasteiger partial charge in [0.25, 0.3) is 0 Å². The van der Waals surface area contributed by atoms with Crippen LogP contribution in [0.3, 0.4) is 0 Å². The van der Waals surface area contributed by atoms with Gasteiger partial charge in [0.1, 0.15) is 72.9 Å². The van der Waals surface area contributed by atoms with Gasteiger partial charge < -0.3 is 98.1 Å². The van der Waals surface area contributed by atoms with E-state index in [1.165, 1.54) is 27.7 Å². The number of aliphatic hydroxyl groups excluding tert-OH is 5. The van der Waals surface area contributed by atoms with Crippen molar-refractivity contribution in [1.82, 2.24) is 31.9 Å². The molecule has 0 spiro atoms. The van der Waals surface area contributed by atoms with Gasteiger partial charge in [-0.05, 0) is 53.4 Å². The van der Waals surface area contributed by atoms with Gasteiger partial charge in [0.15, 0.2) is 12.6 Å². The highest BCUT2D eigenvalue weighted by Gasteiger charge is 2.52. The molecule has 0 radical (unpaired) electrons. The summed E-state index contributed by atoms with van der Waals surface area (Å²) in [5.41, 5.74) is 11.6. The first kappa shape index (κ1) is 55.5. The van der Waals surface area contributed by atoms with Crippen molar-refractivity contribution in [2.75, 3.05) is 19.8 Å². The number of nitrogens with one attached hydrogen (secondary N) is 6. The molecule has 6 amide bonds. The third-order valence-corrected chi connectivity index (χ3v) is 10.2. The number of carbonyl (C=O) groups is 8. The lowest BCUT2D eigenvalue weighted by Gasteiger charge is -2.48. The van der Waals surface area contributed by atoms with Crippen molar-refractivity contribution in [2.24, 2.45) is 11.5 Å². The fourth-order valence-corrected chi connectivity index (χ4v) is 6.46. The Bertz CT molecular complexity index is 1610. The molecule has 0 aromatic heterocycles. The van der Waals surface area contributed by atoms with Crippen LogP contribution in [0.5, 0.6) is 0 Å². The summed E-state index contributed by atoms with van der Waals surface area (Å²) in [6.07, 6.45) is -14.7. The molecule has 0 bridgehead atoms. The van der Waals surface area contributed by atoms with Crippen molar-refractivity contribution in [1.29, 1.82) is 0 Å². The molecule has 17 N–H and O–H groups in total. The number of amides is 6. The smallest absolute Gasteiger partial charge is 0.326 e. The number of nitrogens with two attached hydrogens (primary N) is 2. The number of carboxylic acid groups (broad SMARTS) is 2. The maximum absolute atomic E-state index is 13.3. The van der Waals surface area contributed by atoms with Crippen LogP contribution in [0.1, 0.15) is 66.7 Å². The minimum Gasteiger partial charge on any atom is -0.480 e. The van der Waals surface area contributed by atoms with Crippen molar-refractivity contribution in [3.63, 3.8) is 0 Å². The molecule has 2 heterocycles. The Morgan fingerprint density at radius 3 is 1.84 bits per heavy atom. The fraction of sp³-hybridized carbons (Fsp3) is 0.784. The van der Waals surface area contributed by atoms with Crippen LogP contribution in [0.4, 0.5) is 0 Å². The highest BCUT2D eigenvalue weighted by molar-refractivity contribution is 5.91. The number of hydrogen-bond acceptors (Lipinski definition) is 19. The molecular formula is C37H64N8O19. The zero-order chi connectivity index (χ0) is 48.6. The van der Waals surface area contributed by atoms with Crippen molar-refractivity contribution >= 4 is 47.4 Å². The number of ether oxygens (including phenoxy) is 4. The Morgan fingerprint density at radius 2 is 1.28 bits per heavy atom. The summed E-state index contributed by atoms with van der Waals surface area (Å²) in [6, 6.07) is -9.05. The quantitative estimate of drug-likeness (QED) is 0.0378. The summed E-state index contributed by atoms with van der Waals surface area (Å²) in [7, 11) is 0. The minimum absolute atomic E-state index is 0.0443. The van der Waals surface area contributed by atoms with Crippen molar-refractivity contribution in [2.45, 2.75) is 164 Å². The van der Waals surface area contributed by atoms with Crippen LogP contribution in [0.2, 0.25) is 0 Å². The van der Waals surface area contributed by atoms with E-state index < -0.39 is 171 Å². The second-order valence-corrected chi connectivity index (χ2v) is 15.5. The molecule has 2 aliphatic rings. The van der Waals surface area contributed by atoms with Gasteiger partial charge in [0.2, 0.25) is 35.4 Å². The van der Waals surface area contributed by atoms with Crippen LogP contribution in [0.25, 0.3) is 0 Å². The minimum atomic E-state index is -1.78. The molecule has 27 heteroatoms. The van der Waals surface area contributed by atoms with Crippen LogP contribution in [-0.4, -0.2) is 200 Å². The molecule has 27 nitrogen and oxygen atoms in total. The maximum atomic E-state index is 13.3. The zero-order valence-corrected chi connectivity index (χ0v) is 36.1. The zero-order valence-electron chi connectivity index (χ0n) is 36.1. The van der Waals surface area contributed by atoms with E-state index in [0.717, 1.165) is 6.92 Å². The second kappa shape index (κ2) is 26.3. The van der Waals surface area contributed by atoms with E-state index >= 15 is 0 Å². The van der Waals surface area contributed by atoms with Crippen molar-refractivity contribution < 1.29 is 93.0 Å². The standard InChI is InChI=1S/C37H64N8O19/c1-14(38)30(52)41-15(2)31(53)40-11-7-6-8-19(34(56)57)44-23(49)10-9-20(35(58)59)45-32(54)16(3)42-33(55)17(4)61-29-24(39)36(60)62-22(13-47)28(29)64-37-25(43-18(5)48)27(51)26(50)21(12-46)63-37/h14-17,19-22,24-29,36-37,46-47,50-51,60H,6-13,38-39H2,1-5H3,(H,40,53)(H,41,52)(H,42,55)(H,43,48)(H,44,49)(H,45,54)(H,56,57)(H,58,59). The molecule has 0 aromatic rings. The lowest BCUT2D eigenvalue weighted by molar-refractivity contribution is -0.331. The summed E-state index contributed by atoms with van der Waals surface area (Å²) < 4.78 is 22.8. The fourth-order valence-electron chi connectivity index (χ4n) is 6.46. The molecule has 0 saturated carbocycles. The Kier molecular flexibility index (Phi) is 22.8. The number of hydrogen-bond donors (Lipinski definition) is 15. The highest BCUT2D eigenvalue weighted by Crippen LogP contribution is 2.30. The van der Waals surface area contributed by atoms with Crippen LogP contribution >= 0.6 is 0 Å². The molecule has 2 aliphatic heterocycles. The van der Waals surface area contributed by atoms with Crippen LogP contribution in [0.15, 0.2) is 0 Å². The van der Waals surface area contributed by atoms with E-state index in [0.29, 0.717) is 6.42 Å². The molecule has 64 heavy (non-hydrogen) atoms. The normalized spacial score (nSPS) is 28.4. The lowest BCUT2D eigenvalue weighted by Crippen LogP contribution is -2.69. The first-order valence-electron chi connectivity index (χ1n) is 20.5. The van der Waals surface area contributed by atoms with Crippen LogP contribution in [0, 0.1) is 0 Å². The molecule has 2 saturated heterocycles. The summed E-state index contributed by atoms with van der Waals surface area (Å²) >= 11 is 0. The van der Waals surface area contributed by atoms with E-state index in [4.69, 9.17) is 30.4 Å². The van der Waals surface area contributed by atoms with Crippen molar-refractivity contribution in [3.8, 4) is 0 Å². The number of aliphatic carboxylic acids is 2. The van der Waals surface area contributed by atoms with E-state index in [9.17, 15) is 74.1 Å². The van der Waals surface area contributed by atoms with E-state index in [-0.39, 0.29) is 19.4 Å². The average Bonchev–Trinajstić information content (AvgIpc) is 3.22. The molecule has 0 aliphatic carbocycles. The average molecular weight is 925 g/mol. The third kappa shape index (κ3) is 16.7. The number of carbonyl (C=O) groups excluding carboxylic acids is 6. The number of carboxylic acids is 2.